The van der Waals surface area contributed by atoms with Crippen molar-refractivity contribution >= 4 is 17.8 Å². The number of carboxylic acid groups (broad SMARTS) is 1. The molecule has 1 aromatic rings. The Bertz CT molecular complexity index is 509. The molecule has 1 rings (SSSR count). The Labute approximate surface area is 123 Å². The third-order valence-electron chi connectivity index (χ3n) is 3.09. The molecule has 6 heteroatoms. The standard InChI is InChI=1S/C15H19NO5/c1-3-10-4-6-11(7-5-10)14(18)16-12(15(19)20)8-9-13(17)21-2/h4-7,12H,3,8-9H2,1-2H3,(H,16,18)(H,19,20)/t12-/m0/s1. The summed E-state index contributed by atoms with van der Waals surface area (Å²) in [5.41, 5.74) is 1.48. The number of esters is 1. The third-order valence-corrected chi connectivity index (χ3v) is 3.09. The number of rotatable bonds is 7. The lowest BCUT2D eigenvalue weighted by molar-refractivity contribution is -0.142. The first-order valence-corrected chi connectivity index (χ1v) is 6.67. The molecule has 1 amide bonds. The Hall–Kier alpha value is -2.37. The van der Waals surface area contributed by atoms with Crippen molar-refractivity contribution in [1.82, 2.24) is 5.32 Å². The Balaban J connectivity index is 2.66. The Kier molecular flexibility index (Phi) is 6.39. The lowest BCUT2D eigenvalue weighted by atomic mass is 10.1. The molecular formula is C15H19NO5. The molecule has 6 nitrogen and oxygen atoms in total. The highest BCUT2D eigenvalue weighted by atomic mass is 16.5. The van der Waals surface area contributed by atoms with Gasteiger partial charge in [0.1, 0.15) is 6.04 Å². The van der Waals surface area contributed by atoms with E-state index in [2.05, 4.69) is 10.1 Å². The molecule has 21 heavy (non-hydrogen) atoms. The SMILES string of the molecule is CCc1ccc(C(=O)N[C@@H](CCC(=O)OC)C(=O)O)cc1. The Morgan fingerprint density at radius 3 is 2.33 bits per heavy atom. The largest absolute Gasteiger partial charge is 0.480 e. The number of ether oxygens (including phenoxy) is 1. The second kappa shape index (κ2) is 8.04. The summed E-state index contributed by atoms with van der Waals surface area (Å²) >= 11 is 0. The van der Waals surface area contributed by atoms with Gasteiger partial charge in [0.2, 0.25) is 0 Å². The zero-order valence-electron chi connectivity index (χ0n) is 12.1. The lowest BCUT2D eigenvalue weighted by Crippen LogP contribution is -2.41. The van der Waals surface area contributed by atoms with Crippen LogP contribution in [0.5, 0.6) is 0 Å². The molecule has 0 saturated carbocycles. The number of aliphatic carboxylic acids is 1. The van der Waals surface area contributed by atoms with Crippen LogP contribution < -0.4 is 5.32 Å². The van der Waals surface area contributed by atoms with Crippen LogP contribution in [0.25, 0.3) is 0 Å². The number of aryl methyl sites for hydroxylation is 1. The maximum atomic E-state index is 12.0. The minimum Gasteiger partial charge on any atom is -0.480 e. The first-order valence-electron chi connectivity index (χ1n) is 6.67. The second-order valence-corrected chi connectivity index (χ2v) is 4.53. The van der Waals surface area contributed by atoms with Crippen molar-refractivity contribution < 1.29 is 24.2 Å². The minimum atomic E-state index is -1.18. The van der Waals surface area contributed by atoms with E-state index in [4.69, 9.17) is 5.11 Å². The molecule has 0 bridgehead atoms. The fourth-order valence-corrected chi connectivity index (χ4v) is 1.76. The number of benzene rings is 1. The predicted octanol–water partition coefficient (Wildman–Crippen LogP) is 1.39. The van der Waals surface area contributed by atoms with Gasteiger partial charge in [-0.3, -0.25) is 9.59 Å². The predicted molar refractivity (Wildman–Crippen MR) is 76.0 cm³/mol. The molecule has 2 N–H and O–H groups in total. The Morgan fingerprint density at radius 1 is 1.24 bits per heavy atom. The summed E-state index contributed by atoms with van der Waals surface area (Å²) in [5.74, 6) is -2.17. The van der Waals surface area contributed by atoms with Crippen LogP contribution in [0.1, 0.15) is 35.7 Å². The monoisotopic (exact) mass is 293 g/mol. The number of methoxy groups -OCH3 is 1. The second-order valence-electron chi connectivity index (χ2n) is 4.53. The van der Waals surface area contributed by atoms with Crippen LogP contribution in [-0.4, -0.2) is 36.1 Å². The first-order chi connectivity index (χ1) is 9.97. The third kappa shape index (κ3) is 5.25. The zero-order valence-corrected chi connectivity index (χ0v) is 12.1. The molecule has 0 radical (unpaired) electrons. The molecule has 0 aliphatic heterocycles. The summed E-state index contributed by atoms with van der Waals surface area (Å²) in [6.07, 6.45) is 0.780. The molecule has 0 heterocycles. The highest BCUT2D eigenvalue weighted by Gasteiger charge is 2.21. The van der Waals surface area contributed by atoms with Crippen LogP contribution in [0.2, 0.25) is 0 Å². The summed E-state index contributed by atoms with van der Waals surface area (Å²) < 4.78 is 4.45. The Morgan fingerprint density at radius 2 is 1.86 bits per heavy atom. The summed E-state index contributed by atoms with van der Waals surface area (Å²) in [5, 5.41) is 11.5. The van der Waals surface area contributed by atoms with Gasteiger partial charge in [0.15, 0.2) is 0 Å². The molecule has 0 unspecified atom stereocenters. The van der Waals surface area contributed by atoms with E-state index in [1.54, 1.807) is 12.1 Å². The van der Waals surface area contributed by atoms with Crippen LogP contribution in [-0.2, 0) is 20.7 Å². The maximum absolute atomic E-state index is 12.0. The van der Waals surface area contributed by atoms with Crippen molar-refractivity contribution in [1.29, 1.82) is 0 Å². The van der Waals surface area contributed by atoms with Crippen molar-refractivity contribution in [2.75, 3.05) is 7.11 Å². The summed E-state index contributed by atoms with van der Waals surface area (Å²) in [7, 11) is 1.23. The van der Waals surface area contributed by atoms with Crippen LogP contribution in [0, 0.1) is 0 Å². The van der Waals surface area contributed by atoms with E-state index < -0.39 is 23.9 Å². The summed E-state index contributed by atoms with van der Waals surface area (Å²) in [4.78, 5) is 34.1. The molecule has 114 valence electrons. The molecule has 1 aromatic carbocycles. The fourth-order valence-electron chi connectivity index (χ4n) is 1.76. The van der Waals surface area contributed by atoms with E-state index in [1.165, 1.54) is 7.11 Å². The van der Waals surface area contributed by atoms with E-state index in [9.17, 15) is 14.4 Å². The van der Waals surface area contributed by atoms with Crippen molar-refractivity contribution in [2.24, 2.45) is 0 Å². The van der Waals surface area contributed by atoms with Crippen LogP contribution in [0.15, 0.2) is 24.3 Å². The van der Waals surface area contributed by atoms with Gasteiger partial charge in [-0.25, -0.2) is 4.79 Å². The van der Waals surface area contributed by atoms with E-state index in [0.29, 0.717) is 5.56 Å². The van der Waals surface area contributed by atoms with E-state index >= 15 is 0 Å². The zero-order chi connectivity index (χ0) is 15.8. The van der Waals surface area contributed by atoms with Gasteiger partial charge in [-0.2, -0.15) is 0 Å². The van der Waals surface area contributed by atoms with Crippen LogP contribution >= 0.6 is 0 Å². The summed E-state index contributed by atoms with van der Waals surface area (Å²) in [6, 6.07) is 5.81. The van der Waals surface area contributed by atoms with E-state index in [0.717, 1.165) is 12.0 Å². The highest BCUT2D eigenvalue weighted by Crippen LogP contribution is 2.07. The van der Waals surface area contributed by atoms with Gasteiger partial charge in [0.05, 0.1) is 7.11 Å². The first kappa shape index (κ1) is 16.7. The van der Waals surface area contributed by atoms with Gasteiger partial charge in [0, 0.05) is 12.0 Å². The number of nitrogens with one attached hydrogen (secondary N) is 1. The highest BCUT2D eigenvalue weighted by molar-refractivity contribution is 5.96. The number of carbonyl (C=O) groups is 3. The molecule has 0 fully saturated rings. The fraction of sp³-hybridized carbons (Fsp3) is 0.400. The normalized spacial score (nSPS) is 11.5. The summed E-state index contributed by atoms with van der Waals surface area (Å²) in [6.45, 7) is 2.00. The van der Waals surface area contributed by atoms with Crippen molar-refractivity contribution in [3.05, 3.63) is 35.4 Å². The number of hydrogen-bond acceptors (Lipinski definition) is 4. The molecule has 0 saturated heterocycles. The molecular weight excluding hydrogens is 274 g/mol. The number of amides is 1. The maximum Gasteiger partial charge on any atom is 0.326 e. The van der Waals surface area contributed by atoms with Gasteiger partial charge in [-0.1, -0.05) is 19.1 Å². The van der Waals surface area contributed by atoms with Crippen molar-refractivity contribution in [2.45, 2.75) is 32.2 Å². The van der Waals surface area contributed by atoms with Crippen LogP contribution in [0.3, 0.4) is 0 Å². The van der Waals surface area contributed by atoms with Crippen molar-refractivity contribution in [3.8, 4) is 0 Å². The number of carbonyl (C=O) groups excluding carboxylic acids is 2. The lowest BCUT2D eigenvalue weighted by Gasteiger charge is -2.14. The molecule has 0 aliphatic rings. The topological polar surface area (TPSA) is 92.7 Å². The van der Waals surface area contributed by atoms with Gasteiger partial charge in [0.25, 0.3) is 5.91 Å². The van der Waals surface area contributed by atoms with Gasteiger partial charge >= 0.3 is 11.9 Å². The van der Waals surface area contributed by atoms with Gasteiger partial charge < -0.3 is 15.2 Å². The van der Waals surface area contributed by atoms with Gasteiger partial charge in [-0.15, -0.1) is 0 Å². The average Bonchev–Trinajstić information content (AvgIpc) is 2.50. The van der Waals surface area contributed by atoms with E-state index in [-0.39, 0.29) is 12.8 Å². The average molecular weight is 293 g/mol. The quantitative estimate of drug-likeness (QED) is 0.741. The van der Waals surface area contributed by atoms with E-state index in [1.807, 2.05) is 19.1 Å². The smallest absolute Gasteiger partial charge is 0.326 e. The molecule has 0 aliphatic carbocycles. The number of carboxylic acids is 1. The molecule has 0 spiro atoms. The minimum absolute atomic E-state index is 0.0131. The van der Waals surface area contributed by atoms with Crippen LogP contribution in [0.4, 0.5) is 0 Å². The van der Waals surface area contributed by atoms with Gasteiger partial charge in [-0.05, 0) is 30.5 Å². The number of hydrogen-bond donors (Lipinski definition) is 2. The molecule has 1 atom stereocenters. The van der Waals surface area contributed by atoms with Crippen molar-refractivity contribution in [3.63, 3.8) is 0 Å². The molecule has 0 aromatic heterocycles.